The van der Waals surface area contributed by atoms with Gasteiger partial charge >= 0.3 is 5.97 Å². The van der Waals surface area contributed by atoms with Crippen molar-refractivity contribution < 1.29 is 14.3 Å². The summed E-state index contributed by atoms with van der Waals surface area (Å²) in [6, 6.07) is 8.35. The van der Waals surface area contributed by atoms with E-state index in [0.717, 1.165) is 10.7 Å². The van der Waals surface area contributed by atoms with Gasteiger partial charge in [0.05, 0.1) is 17.6 Å². The molecule has 1 aromatic carbocycles. The van der Waals surface area contributed by atoms with E-state index in [9.17, 15) is 4.79 Å². The number of anilines is 1. The lowest BCUT2D eigenvalue weighted by molar-refractivity contribution is 0.0696. The van der Waals surface area contributed by atoms with Gasteiger partial charge in [-0.25, -0.2) is 4.79 Å². The van der Waals surface area contributed by atoms with Gasteiger partial charge < -0.3 is 15.3 Å². The molecule has 0 aliphatic heterocycles. The first-order chi connectivity index (χ1) is 8.16. The number of carboxylic acid groups (broad SMARTS) is 1. The predicted octanol–water partition coefficient (Wildman–Crippen LogP) is 2.85. The minimum absolute atomic E-state index is 0.237. The van der Waals surface area contributed by atoms with Crippen LogP contribution in [0.25, 0.3) is 0 Å². The molecule has 2 rings (SSSR count). The molecule has 0 aliphatic rings. The second-order valence-corrected chi connectivity index (χ2v) is 4.44. The van der Waals surface area contributed by atoms with Gasteiger partial charge in [0.15, 0.2) is 0 Å². The van der Waals surface area contributed by atoms with Crippen LogP contribution in [0, 0.1) is 0 Å². The van der Waals surface area contributed by atoms with Crippen molar-refractivity contribution >= 4 is 23.4 Å². The third-order valence-electron chi connectivity index (χ3n) is 2.21. The first-order valence-electron chi connectivity index (χ1n) is 4.95. The molecule has 5 heteroatoms. The number of nitrogens with two attached hydrogens (primary N) is 1. The maximum Gasteiger partial charge on any atom is 0.335 e. The fourth-order valence-corrected chi connectivity index (χ4v) is 2.24. The Kier molecular flexibility index (Phi) is 3.39. The first kappa shape index (κ1) is 11.6. The highest BCUT2D eigenvalue weighted by Gasteiger charge is 2.08. The highest BCUT2D eigenvalue weighted by atomic mass is 32.2. The van der Waals surface area contributed by atoms with Gasteiger partial charge in [-0.3, -0.25) is 0 Å². The van der Waals surface area contributed by atoms with Crippen LogP contribution in [0.2, 0.25) is 0 Å². The number of rotatable bonds is 4. The van der Waals surface area contributed by atoms with Crippen LogP contribution in [-0.2, 0) is 5.75 Å². The number of hydrogen-bond donors (Lipinski definition) is 2. The summed E-state index contributed by atoms with van der Waals surface area (Å²) in [6.45, 7) is 0. The standard InChI is InChI=1S/C12H11NO3S/c13-10-4-3-8(12(14)15)6-11(10)17-7-9-2-1-5-16-9/h1-6H,7,13H2,(H,14,15). The fourth-order valence-electron chi connectivity index (χ4n) is 1.34. The van der Waals surface area contributed by atoms with Gasteiger partial charge in [0.2, 0.25) is 0 Å². The van der Waals surface area contributed by atoms with Crippen LogP contribution in [0.3, 0.4) is 0 Å². The number of carboxylic acids is 1. The Morgan fingerprint density at radius 1 is 1.41 bits per heavy atom. The van der Waals surface area contributed by atoms with Crippen LogP contribution in [0.1, 0.15) is 16.1 Å². The zero-order valence-electron chi connectivity index (χ0n) is 8.92. The number of carbonyl (C=O) groups is 1. The van der Waals surface area contributed by atoms with E-state index in [4.69, 9.17) is 15.3 Å². The summed E-state index contributed by atoms with van der Waals surface area (Å²) >= 11 is 1.45. The predicted molar refractivity (Wildman–Crippen MR) is 66.1 cm³/mol. The molecule has 0 aliphatic carbocycles. The van der Waals surface area contributed by atoms with Crippen LogP contribution in [0.4, 0.5) is 5.69 Å². The second kappa shape index (κ2) is 4.97. The van der Waals surface area contributed by atoms with Crippen molar-refractivity contribution in [3.63, 3.8) is 0 Å². The molecular weight excluding hydrogens is 238 g/mol. The van der Waals surface area contributed by atoms with Crippen LogP contribution in [0.15, 0.2) is 45.9 Å². The minimum atomic E-state index is -0.954. The Morgan fingerprint density at radius 3 is 2.88 bits per heavy atom. The molecule has 0 atom stereocenters. The lowest BCUT2D eigenvalue weighted by Gasteiger charge is -2.05. The molecule has 0 fully saturated rings. The van der Waals surface area contributed by atoms with Crippen molar-refractivity contribution in [1.82, 2.24) is 0 Å². The lowest BCUT2D eigenvalue weighted by atomic mass is 10.2. The third kappa shape index (κ3) is 2.82. The normalized spacial score (nSPS) is 10.4. The SMILES string of the molecule is Nc1ccc(C(=O)O)cc1SCc1ccco1. The molecule has 2 aromatic rings. The molecule has 0 saturated carbocycles. The summed E-state index contributed by atoms with van der Waals surface area (Å²) in [6.07, 6.45) is 1.60. The number of aromatic carboxylic acids is 1. The summed E-state index contributed by atoms with van der Waals surface area (Å²) < 4.78 is 5.19. The molecule has 0 saturated heterocycles. The Morgan fingerprint density at radius 2 is 2.24 bits per heavy atom. The van der Waals surface area contributed by atoms with E-state index in [1.807, 2.05) is 12.1 Å². The van der Waals surface area contributed by atoms with Gasteiger partial charge in [0, 0.05) is 10.6 Å². The molecule has 0 unspecified atom stereocenters. The molecule has 3 N–H and O–H groups in total. The van der Waals surface area contributed by atoms with Crippen molar-refractivity contribution in [2.75, 3.05) is 5.73 Å². The summed E-state index contributed by atoms with van der Waals surface area (Å²) in [5.41, 5.74) is 6.60. The van der Waals surface area contributed by atoms with Gasteiger partial charge in [-0.05, 0) is 30.3 Å². The summed E-state index contributed by atoms with van der Waals surface area (Å²) in [7, 11) is 0. The van der Waals surface area contributed by atoms with Crippen LogP contribution in [0.5, 0.6) is 0 Å². The van der Waals surface area contributed by atoms with E-state index in [-0.39, 0.29) is 5.56 Å². The number of hydrogen-bond acceptors (Lipinski definition) is 4. The molecule has 0 spiro atoms. The molecule has 17 heavy (non-hydrogen) atoms. The number of thioether (sulfide) groups is 1. The van der Waals surface area contributed by atoms with Gasteiger partial charge in [-0.15, -0.1) is 11.8 Å². The Balaban J connectivity index is 2.14. The molecule has 1 heterocycles. The zero-order chi connectivity index (χ0) is 12.3. The first-order valence-corrected chi connectivity index (χ1v) is 5.93. The molecule has 0 amide bonds. The molecular formula is C12H11NO3S. The summed E-state index contributed by atoms with van der Waals surface area (Å²) in [5.74, 6) is 0.500. The van der Waals surface area contributed by atoms with E-state index in [1.165, 1.54) is 17.8 Å². The van der Waals surface area contributed by atoms with Crippen LogP contribution in [-0.4, -0.2) is 11.1 Å². The second-order valence-electron chi connectivity index (χ2n) is 3.43. The molecule has 4 nitrogen and oxygen atoms in total. The largest absolute Gasteiger partial charge is 0.478 e. The molecule has 0 radical (unpaired) electrons. The van der Waals surface area contributed by atoms with Gasteiger partial charge in [-0.2, -0.15) is 0 Å². The number of benzene rings is 1. The van der Waals surface area contributed by atoms with E-state index >= 15 is 0 Å². The fraction of sp³-hybridized carbons (Fsp3) is 0.0833. The van der Waals surface area contributed by atoms with Crippen molar-refractivity contribution in [2.24, 2.45) is 0 Å². The van der Waals surface area contributed by atoms with Crippen molar-refractivity contribution in [1.29, 1.82) is 0 Å². The highest BCUT2D eigenvalue weighted by Crippen LogP contribution is 2.29. The van der Waals surface area contributed by atoms with Crippen molar-refractivity contribution in [3.05, 3.63) is 47.9 Å². The highest BCUT2D eigenvalue weighted by molar-refractivity contribution is 7.98. The Hall–Kier alpha value is -1.88. The minimum Gasteiger partial charge on any atom is -0.478 e. The molecule has 1 aromatic heterocycles. The quantitative estimate of drug-likeness (QED) is 0.643. The van der Waals surface area contributed by atoms with Crippen molar-refractivity contribution in [2.45, 2.75) is 10.6 Å². The topological polar surface area (TPSA) is 76.5 Å². The van der Waals surface area contributed by atoms with E-state index in [0.29, 0.717) is 11.4 Å². The van der Waals surface area contributed by atoms with E-state index in [1.54, 1.807) is 18.4 Å². The number of nitrogen functional groups attached to an aromatic ring is 1. The maximum absolute atomic E-state index is 10.8. The van der Waals surface area contributed by atoms with Crippen LogP contribution >= 0.6 is 11.8 Å². The number of furan rings is 1. The van der Waals surface area contributed by atoms with E-state index < -0.39 is 5.97 Å². The Bertz CT molecular complexity index is 523. The lowest BCUT2D eigenvalue weighted by Crippen LogP contribution is -1.98. The van der Waals surface area contributed by atoms with Gasteiger partial charge in [-0.1, -0.05) is 0 Å². The molecule has 88 valence electrons. The maximum atomic E-state index is 10.8. The summed E-state index contributed by atoms with van der Waals surface area (Å²) in [4.78, 5) is 11.6. The van der Waals surface area contributed by atoms with Crippen molar-refractivity contribution in [3.8, 4) is 0 Å². The van der Waals surface area contributed by atoms with Crippen LogP contribution < -0.4 is 5.73 Å². The summed E-state index contributed by atoms with van der Waals surface area (Å²) in [5, 5.41) is 8.88. The van der Waals surface area contributed by atoms with E-state index in [2.05, 4.69) is 0 Å². The average molecular weight is 249 g/mol. The smallest absolute Gasteiger partial charge is 0.335 e. The average Bonchev–Trinajstić information content (AvgIpc) is 2.80. The monoisotopic (exact) mass is 249 g/mol. The Labute approximate surface area is 102 Å². The zero-order valence-corrected chi connectivity index (χ0v) is 9.74. The van der Waals surface area contributed by atoms with Gasteiger partial charge in [0.1, 0.15) is 5.76 Å². The van der Waals surface area contributed by atoms with Gasteiger partial charge in [0.25, 0.3) is 0 Å². The molecule has 0 bridgehead atoms. The third-order valence-corrected chi connectivity index (χ3v) is 3.30.